The lowest BCUT2D eigenvalue weighted by Gasteiger charge is -2.22. The van der Waals surface area contributed by atoms with Crippen LogP contribution in [-0.4, -0.2) is 29.8 Å². The van der Waals surface area contributed by atoms with E-state index in [-0.39, 0.29) is 12.9 Å². The molecule has 5 heteroatoms. The second kappa shape index (κ2) is 5.23. The molecule has 0 saturated heterocycles. The van der Waals surface area contributed by atoms with Gasteiger partial charge in [0.2, 0.25) is 0 Å². The molecule has 5 nitrogen and oxygen atoms in total. The molecule has 0 unspecified atom stereocenters. The largest absolute Gasteiger partial charge is 0.350 e. The summed E-state index contributed by atoms with van der Waals surface area (Å²) in [5.74, 6) is -0.894. The van der Waals surface area contributed by atoms with Crippen LogP contribution in [0.25, 0.3) is 0 Å². The van der Waals surface area contributed by atoms with Gasteiger partial charge in [0.1, 0.15) is 0 Å². The van der Waals surface area contributed by atoms with E-state index in [1.54, 1.807) is 0 Å². The number of hydroxylamine groups is 2. The Morgan fingerprint density at radius 3 is 2.38 bits per heavy atom. The molecule has 1 fully saturated rings. The Labute approximate surface area is 94.0 Å². The summed E-state index contributed by atoms with van der Waals surface area (Å²) < 4.78 is 5.45. The summed E-state index contributed by atoms with van der Waals surface area (Å²) in [5, 5.41) is 0.725. The summed E-state index contributed by atoms with van der Waals surface area (Å²) >= 11 is 0. The molecular formula is C11H15NO4. The van der Waals surface area contributed by atoms with Gasteiger partial charge in [-0.25, -0.2) is 4.84 Å². The first-order valence-corrected chi connectivity index (χ1v) is 5.58. The Morgan fingerprint density at radius 2 is 1.75 bits per heavy atom. The zero-order valence-corrected chi connectivity index (χ0v) is 9.05. The fraction of sp³-hybridized carbons (Fsp3) is 0.636. The normalized spacial score (nSPS) is 22.1. The summed E-state index contributed by atoms with van der Waals surface area (Å²) in [5.41, 5.74) is 0. The number of amides is 2. The van der Waals surface area contributed by atoms with Crippen molar-refractivity contribution >= 4 is 11.8 Å². The second-order valence-electron chi connectivity index (χ2n) is 3.98. The first-order valence-electron chi connectivity index (χ1n) is 5.58. The van der Waals surface area contributed by atoms with Gasteiger partial charge < -0.3 is 4.74 Å². The highest BCUT2D eigenvalue weighted by atomic mass is 16.8. The van der Waals surface area contributed by atoms with E-state index in [2.05, 4.69) is 0 Å². The zero-order chi connectivity index (χ0) is 11.4. The molecule has 0 atom stereocenters. The average molecular weight is 225 g/mol. The number of ether oxygens (including phenoxy) is 1. The van der Waals surface area contributed by atoms with E-state index in [9.17, 15) is 9.59 Å². The first-order chi connectivity index (χ1) is 7.77. The van der Waals surface area contributed by atoms with Crippen LogP contribution in [-0.2, 0) is 19.2 Å². The number of rotatable bonds is 4. The molecule has 16 heavy (non-hydrogen) atoms. The van der Waals surface area contributed by atoms with Crippen molar-refractivity contribution < 1.29 is 19.2 Å². The van der Waals surface area contributed by atoms with E-state index in [0.29, 0.717) is 0 Å². The van der Waals surface area contributed by atoms with E-state index in [4.69, 9.17) is 9.57 Å². The molecule has 2 amide bonds. The lowest BCUT2D eigenvalue weighted by Crippen LogP contribution is -2.32. The summed E-state index contributed by atoms with van der Waals surface area (Å²) in [6.45, 7) is -0.0379. The van der Waals surface area contributed by atoms with Crippen molar-refractivity contribution in [1.29, 1.82) is 0 Å². The van der Waals surface area contributed by atoms with Crippen molar-refractivity contribution in [1.82, 2.24) is 5.06 Å². The van der Waals surface area contributed by atoms with Crippen LogP contribution < -0.4 is 0 Å². The highest BCUT2D eigenvalue weighted by molar-refractivity contribution is 6.11. The molecule has 1 aliphatic carbocycles. The summed E-state index contributed by atoms with van der Waals surface area (Å²) in [7, 11) is 0. The molecule has 1 heterocycles. The number of nitrogens with zero attached hydrogens (tertiary/aromatic N) is 1. The van der Waals surface area contributed by atoms with Crippen molar-refractivity contribution in [2.75, 3.05) is 6.79 Å². The van der Waals surface area contributed by atoms with Crippen LogP contribution in [0.15, 0.2) is 12.2 Å². The van der Waals surface area contributed by atoms with E-state index in [1.165, 1.54) is 31.4 Å². The Balaban J connectivity index is 1.67. The maximum absolute atomic E-state index is 11.1. The minimum Gasteiger partial charge on any atom is -0.350 e. The SMILES string of the molecule is O=C1C=CC(=O)N1OCOC1CCCCC1. The Morgan fingerprint density at radius 1 is 1.12 bits per heavy atom. The molecular weight excluding hydrogens is 210 g/mol. The predicted molar refractivity (Wildman–Crippen MR) is 54.9 cm³/mol. The lowest BCUT2D eigenvalue weighted by atomic mass is 9.98. The fourth-order valence-electron chi connectivity index (χ4n) is 1.92. The van der Waals surface area contributed by atoms with Crippen LogP contribution in [0.5, 0.6) is 0 Å². The predicted octanol–water partition coefficient (Wildman–Crippen LogP) is 1.15. The van der Waals surface area contributed by atoms with Crippen LogP contribution in [0.2, 0.25) is 0 Å². The average Bonchev–Trinajstić information content (AvgIpc) is 2.62. The van der Waals surface area contributed by atoms with Gasteiger partial charge in [0.25, 0.3) is 11.8 Å². The molecule has 2 aliphatic rings. The number of imide groups is 1. The quantitative estimate of drug-likeness (QED) is 0.532. The van der Waals surface area contributed by atoms with E-state index >= 15 is 0 Å². The Hall–Kier alpha value is -1.20. The highest BCUT2D eigenvalue weighted by Crippen LogP contribution is 2.20. The monoisotopic (exact) mass is 225 g/mol. The van der Waals surface area contributed by atoms with Crippen LogP contribution in [0.4, 0.5) is 0 Å². The van der Waals surface area contributed by atoms with Gasteiger partial charge in [0.15, 0.2) is 6.79 Å². The minimum atomic E-state index is -0.447. The summed E-state index contributed by atoms with van der Waals surface area (Å²) in [6.07, 6.45) is 8.24. The van der Waals surface area contributed by atoms with Gasteiger partial charge in [0, 0.05) is 12.2 Å². The van der Waals surface area contributed by atoms with Crippen molar-refractivity contribution in [3.63, 3.8) is 0 Å². The van der Waals surface area contributed by atoms with Crippen molar-refractivity contribution in [2.24, 2.45) is 0 Å². The van der Waals surface area contributed by atoms with Gasteiger partial charge in [-0.1, -0.05) is 19.3 Å². The van der Waals surface area contributed by atoms with Crippen LogP contribution in [0.1, 0.15) is 32.1 Å². The van der Waals surface area contributed by atoms with Gasteiger partial charge >= 0.3 is 0 Å². The topological polar surface area (TPSA) is 55.8 Å². The number of hydrogen-bond acceptors (Lipinski definition) is 4. The Kier molecular flexibility index (Phi) is 3.69. The molecule has 0 aromatic heterocycles. The summed E-state index contributed by atoms with van der Waals surface area (Å²) in [4.78, 5) is 27.2. The number of carbonyl (C=O) groups excluding carboxylic acids is 2. The maximum atomic E-state index is 11.1. The molecule has 1 aliphatic heterocycles. The van der Waals surface area contributed by atoms with E-state index in [0.717, 1.165) is 17.9 Å². The zero-order valence-electron chi connectivity index (χ0n) is 9.05. The third-order valence-electron chi connectivity index (χ3n) is 2.81. The van der Waals surface area contributed by atoms with Crippen LogP contribution in [0, 0.1) is 0 Å². The first kappa shape index (κ1) is 11.3. The minimum absolute atomic E-state index is 0.0379. The van der Waals surface area contributed by atoms with Gasteiger partial charge in [-0.05, 0) is 12.8 Å². The summed E-state index contributed by atoms with van der Waals surface area (Å²) in [6, 6.07) is 0. The molecule has 88 valence electrons. The van der Waals surface area contributed by atoms with Crippen molar-refractivity contribution in [2.45, 2.75) is 38.2 Å². The third kappa shape index (κ3) is 2.68. The molecule has 2 rings (SSSR count). The molecule has 0 bridgehead atoms. The Bertz CT molecular complexity index is 289. The smallest absolute Gasteiger partial charge is 0.278 e. The molecule has 0 aromatic carbocycles. The fourth-order valence-corrected chi connectivity index (χ4v) is 1.92. The van der Waals surface area contributed by atoms with E-state index < -0.39 is 11.8 Å². The molecule has 1 saturated carbocycles. The maximum Gasteiger partial charge on any atom is 0.278 e. The number of hydrogen-bond donors (Lipinski definition) is 0. The van der Waals surface area contributed by atoms with Crippen LogP contribution in [0.3, 0.4) is 0 Å². The third-order valence-corrected chi connectivity index (χ3v) is 2.81. The standard InChI is InChI=1S/C11H15NO4/c13-10-6-7-11(14)12(10)16-8-15-9-4-2-1-3-5-9/h6-7,9H,1-5,8H2. The second-order valence-corrected chi connectivity index (χ2v) is 3.98. The van der Waals surface area contributed by atoms with E-state index in [1.807, 2.05) is 0 Å². The highest BCUT2D eigenvalue weighted by Gasteiger charge is 2.25. The number of carbonyl (C=O) groups is 2. The van der Waals surface area contributed by atoms with Gasteiger partial charge in [-0.15, -0.1) is 5.06 Å². The van der Waals surface area contributed by atoms with Crippen molar-refractivity contribution in [3.05, 3.63) is 12.2 Å². The van der Waals surface area contributed by atoms with Gasteiger partial charge in [-0.2, -0.15) is 0 Å². The lowest BCUT2D eigenvalue weighted by molar-refractivity contribution is -0.224. The molecule has 0 N–H and O–H groups in total. The van der Waals surface area contributed by atoms with Crippen molar-refractivity contribution in [3.8, 4) is 0 Å². The van der Waals surface area contributed by atoms with Crippen LogP contribution >= 0.6 is 0 Å². The molecule has 0 spiro atoms. The molecule has 0 radical (unpaired) electrons. The van der Waals surface area contributed by atoms with Gasteiger partial charge in [0.05, 0.1) is 6.10 Å². The van der Waals surface area contributed by atoms with Gasteiger partial charge in [-0.3, -0.25) is 9.59 Å². The molecule has 0 aromatic rings.